The van der Waals surface area contributed by atoms with E-state index in [0.29, 0.717) is 11.4 Å². The fourth-order valence-electron chi connectivity index (χ4n) is 7.70. The van der Waals surface area contributed by atoms with Crippen LogP contribution in [0.25, 0.3) is 83.9 Å². The van der Waals surface area contributed by atoms with Crippen LogP contribution >= 0.6 is 0 Å². The van der Waals surface area contributed by atoms with Crippen LogP contribution in [-0.4, -0.2) is 19.6 Å². The largest absolute Gasteiger partial charge is 0.507 e. The zero-order valence-electron chi connectivity index (χ0n) is 35.3. The molecule has 292 valence electrons. The second-order valence-electron chi connectivity index (χ2n) is 15.1. The average molecular weight is 948 g/mol. The van der Waals surface area contributed by atoms with E-state index >= 15 is 0 Å². The molecule has 2 heterocycles. The van der Waals surface area contributed by atoms with Crippen molar-refractivity contribution in [3.05, 3.63) is 193 Å². The minimum Gasteiger partial charge on any atom is -0.507 e. The minimum atomic E-state index is -0.817. The molecule has 0 saturated heterocycles. The average Bonchev–Trinajstić information content (AvgIpc) is 3.66. The molecule has 9 rings (SSSR count). The van der Waals surface area contributed by atoms with Crippen LogP contribution in [0.2, 0.25) is 0 Å². The third-order valence-corrected chi connectivity index (χ3v) is 10.8. The molecule has 0 saturated carbocycles. The first-order valence-corrected chi connectivity index (χ1v) is 19.6. The van der Waals surface area contributed by atoms with E-state index < -0.39 is 11.8 Å². The molecule has 0 bridgehead atoms. The Bertz CT molecular complexity index is 3000. The van der Waals surface area contributed by atoms with Gasteiger partial charge in [0.15, 0.2) is 0 Å². The molecule has 0 spiro atoms. The van der Waals surface area contributed by atoms with Crippen molar-refractivity contribution in [1.29, 1.82) is 0 Å². The van der Waals surface area contributed by atoms with E-state index in [9.17, 15) is 5.11 Å². The second kappa shape index (κ2) is 16.9. The van der Waals surface area contributed by atoms with Gasteiger partial charge in [-0.3, -0.25) is 9.55 Å². The Labute approximate surface area is 364 Å². The number of phenolic OH excluding ortho intramolecular Hbond substituents is 1. The van der Waals surface area contributed by atoms with Crippen molar-refractivity contribution < 1.29 is 28.9 Å². The van der Waals surface area contributed by atoms with Gasteiger partial charge in [0, 0.05) is 41.3 Å². The van der Waals surface area contributed by atoms with Crippen molar-refractivity contribution in [3.63, 3.8) is 0 Å². The first-order chi connectivity index (χ1) is 28.9. The third-order valence-electron chi connectivity index (χ3n) is 10.8. The molecule has 7 aromatic carbocycles. The summed E-state index contributed by atoms with van der Waals surface area (Å²) >= 11 is 0. The maximum Gasteiger partial charge on any atom is 0.148 e. The number of aromatic hydroxyl groups is 1. The van der Waals surface area contributed by atoms with Gasteiger partial charge in [0.1, 0.15) is 11.6 Å². The maximum atomic E-state index is 11.4. The summed E-state index contributed by atoms with van der Waals surface area (Å²) in [5, 5.41) is 11.4. The van der Waals surface area contributed by atoms with E-state index in [-0.39, 0.29) is 26.8 Å². The molecule has 0 unspecified atom stereocenters. The summed E-state index contributed by atoms with van der Waals surface area (Å²) in [5.41, 5.74) is 14.5. The SMILES string of the molecule is [2H]C(C)(C)c1ccc(-c2ccnc(-c3[c-]c(-c4cccc5c4nc(-c4ccccc4O)n5-c4ccc(C([2H])(C)C)cc4-c4ccccc4)cc(-c4ccccc4)c3)c2)cc1.[Pt]. The summed E-state index contributed by atoms with van der Waals surface area (Å²) in [7, 11) is 0. The van der Waals surface area contributed by atoms with Crippen LogP contribution in [-0.2, 0) is 21.1 Å². The molecule has 0 fully saturated rings. The number of imidazole rings is 1. The maximum absolute atomic E-state index is 11.4. The van der Waals surface area contributed by atoms with Crippen molar-refractivity contribution >= 4 is 11.0 Å². The minimum absolute atomic E-state index is 0. The van der Waals surface area contributed by atoms with Gasteiger partial charge in [0.25, 0.3) is 0 Å². The second-order valence-corrected chi connectivity index (χ2v) is 15.1. The van der Waals surface area contributed by atoms with E-state index in [2.05, 4.69) is 95.6 Å². The molecule has 4 nitrogen and oxygen atoms in total. The molecule has 5 heteroatoms. The summed E-state index contributed by atoms with van der Waals surface area (Å²) in [6, 6.07) is 60.7. The number of phenols is 1. The van der Waals surface area contributed by atoms with Gasteiger partial charge in [-0.1, -0.05) is 166 Å². The zero-order valence-corrected chi connectivity index (χ0v) is 35.6. The van der Waals surface area contributed by atoms with Crippen LogP contribution in [0.3, 0.4) is 0 Å². The Morgan fingerprint density at radius 2 is 1.17 bits per heavy atom. The van der Waals surface area contributed by atoms with Gasteiger partial charge in [-0.15, -0.1) is 23.8 Å². The van der Waals surface area contributed by atoms with Crippen molar-refractivity contribution in [2.45, 2.75) is 39.5 Å². The summed E-state index contributed by atoms with van der Waals surface area (Å²) < 4.78 is 19.5. The first kappa shape index (κ1) is 37.0. The number of nitrogens with zero attached hydrogens (tertiary/aromatic N) is 3. The fraction of sp³-hybridized carbons (Fsp3) is 0.111. The molecule has 0 radical (unpaired) electrons. The molecule has 0 atom stereocenters. The summed E-state index contributed by atoms with van der Waals surface area (Å²) in [5.74, 6) is -0.771. The number of aromatic nitrogens is 3. The Balaban J connectivity index is 0.00000514. The van der Waals surface area contributed by atoms with Gasteiger partial charge in [0.2, 0.25) is 0 Å². The van der Waals surface area contributed by atoms with E-state index in [4.69, 9.17) is 12.7 Å². The van der Waals surface area contributed by atoms with Gasteiger partial charge in [-0.25, -0.2) is 4.98 Å². The standard InChI is InChI=1S/C54H44N3O.Pt/c1-35(2)37-22-24-39(25-23-37)42-28-29-55-49(34-42)45-31-43(38-14-7-5-8-15-38)30-44(32-45)46-19-13-20-51-53(46)56-54(47-18-11-12-21-52(47)58)57(51)50-27-26-41(36(3)4)33-48(50)40-16-9-6-10-17-40;/h5-31,33-36,58H,1-4H3;/q-1;/i35D,36D;. The number of hydrogen-bond donors (Lipinski definition) is 1. The molecule has 0 aliphatic carbocycles. The van der Waals surface area contributed by atoms with E-state index in [1.165, 1.54) is 0 Å². The molecular weight excluding hydrogens is 902 g/mol. The van der Waals surface area contributed by atoms with Crippen LogP contribution in [0.15, 0.2) is 176 Å². The normalized spacial score (nSPS) is 12.1. The molecule has 1 N–H and O–H groups in total. The predicted molar refractivity (Wildman–Crippen MR) is 240 cm³/mol. The number of hydrogen-bond acceptors (Lipinski definition) is 3. The van der Waals surface area contributed by atoms with Gasteiger partial charge < -0.3 is 5.11 Å². The summed E-state index contributed by atoms with van der Waals surface area (Å²) in [6.45, 7) is 7.61. The Morgan fingerprint density at radius 3 is 1.88 bits per heavy atom. The van der Waals surface area contributed by atoms with Crippen molar-refractivity contribution in [2.24, 2.45) is 0 Å². The molecule has 9 aromatic rings. The zero-order chi connectivity index (χ0) is 41.6. The third kappa shape index (κ3) is 7.81. The first-order valence-electron chi connectivity index (χ1n) is 20.6. The molecular formula is C54H44N3OPt-. The quantitative estimate of drug-likeness (QED) is 0.147. The smallest absolute Gasteiger partial charge is 0.148 e. The van der Waals surface area contributed by atoms with Crippen LogP contribution in [0.4, 0.5) is 0 Å². The molecule has 59 heavy (non-hydrogen) atoms. The molecule has 0 aliphatic rings. The number of rotatable bonds is 9. The topological polar surface area (TPSA) is 50.9 Å². The van der Waals surface area contributed by atoms with Crippen LogP contribution in [0.5, 0.6) is 5.75 Å². The van der Waals surface area contributed by atoms with E-state index in [1.807, 2.05) is 113 Å². The van der Waals surface area contributed by atoms with Gasteiger partial charge >= 0.3 is 0 Å². The predicted octanol–water partition coefficient (Wildman–Crippen LogP) is 14.2. The fourth-order valence-corrected chi connectivity index (χ4v) is 7.70. The number of fused-ring (bicyclic) bond motifs is 1. The van der Waals surface area contributed by atoms with Gasteiger partial charge in [0.05, 0.1) is 22.3 Å². The van der Waals surface area contributed by atoms with E-state index in [0.717, 1.165) is 83.6 Å². The van der Waals surface area contributed by atoms with Gasteiger partial charge in [-0.05, 0) is 81.6 Å². The monoisotopic (exact) mass is 947 g/mol. The summed E-state index contributed by atoms with van der Waals surface area (Å²) in [6.07, 6.45) is 1.84. The Morgan fingerprint density at radius 1 is 0.542 bits per heavy atom. The Kier molecular flexibility index (Phi) is 10.6. The van der Waals surface area contributed by atoms with Crippen molar-refractivity contribution in [3.8, 4) is 78.6 Å². The van der Waals surface area contributed by atoms with Crippen LogP contribution < -0.4 is 0 Å². The number of benzene rings is 7. The Hall–Kier alpha value is -6.35. The number of para-hydroxylation sites is 2. The summed E-state index contributed by atoms with van der Waals surface area (Å²) in [4.78, 5) is 10.3. The number of pyridine rings is 1. The van der Waals surface area contributed by atoms with E-state index in [1.54, 1.807) is 6.07 Å². The molecule has 0 amide bonds. The van der Waals surface area contributed by atoms with Crippen molar-refractivity contribution in [2.75, 3.05) is 0 Å². The van der Waals surface area contributed by atoms with Crippen LogP contribution in [0.1, 0.15) is 53.4 Å². The van der Waals surface area contributed by atoms with Crippen LogP contribution in [0, 0.1) is 6.07 Å². The van der Waals surface area contributed by atoms with Gasteiger partial charge in [-0.2, -0.15) is 0 Å². The molecule has 2 aromatic heterocycles. The van der Waals surface area contributed by atoms with Crippen molar-refractivity contribution in [1.82, 2.24) is 14.5 Å². The molecule has 0 aliphatic heterocycles.